The van der Waals surface area contributed by atoms with Crippen molar-refractivity contribution in [1.29, 1.82) is 0 Å². The maximum Gasteiger partial charge on any atom is 0.147 e. The smallest absolute Gasteiger partial charge is 0.147 e. The molecule has 0 atom stereocenters. The number of hydrogen-bond acceptors (Lipinski definition) is 2. The number of benzene rings is 2. The van der Waals surface area contributed by atoms with E-state index in [1.165, 1.54) is 6.07 Å². The number of H-pyrrole nitrogens is 1. The van der Waals surface area contributed by atoms with E-state index >= 15 is 0 Å². The molecule has 0 fully saturated rings. The van der Waals surface area contributed by atoms with Gasteiger partial charge in [0, 0.05) is 47.0 Å². The van der Waals surface area contributed by atoms with Crippen LogP contribution >= 0.6 is 0 Å². The minimum Gasteiger partial charge on any atom is -0.344 e. The van der Waals surface area contributed by atoms with E-state index in [0.29, 0.717) is 5.52 Å². The molecular weight excluding hydrogens is 339 g/mol. The van der Waals surface area contributed by atoms with Gasteiger partial charge in [-0.3, -0.25) is 4.98 Å². The number of pyridine rings is 1. The van der Waals surface area contributed by atoms with E-state index in [9.17, 15) is 4.39 Å². The highest BCUT2D eigenvalue weighted by Crippen LogP contribution is 2.26. The molecule has 3 aromatic heterocycles. The molecular formula is C22H15FN4. The second-order valence-electron chi connectivity index (χ2n) is 6.29. The van der Waals surface area contributed by atoms with E-state index in [2.05, 4.69) is 15.0 Å². The number of imidazole rings is 1. The van der Waals surface area contributed by atoms with Gasteiger partial charge >= 0.3 is 0 Å². The number of hydrogen-bond donors (Lipinski definition) is 1. The normalized spacial score (nSPS) is 11.1. The van der Waals surface area contributed by atoms with Crippen LogP contribution in [0.4, 0.5) is 4.39 Å². The lowest BCUT2D eigenvalue weighted by atomic mass is 10.2. The minimum absolute atomic E-state index is 0.228. The summed E-state index contributed by atoms with van der Waals surface area (Å²) >= 11 is 0. The molecule has 5 rings (SSSR count). The van der Waals surface area contributed by atoms with Gasteiger partial charge in [-0.1, -0.05) is 12.1 Å². The van der Waals surface area contributed by atoms with Gasteiger partial charge in [-0.2, -0.15) is 0 Å². The zero-order valence-electron chi connectivity index (χ0n) is 14.3. The molecule has 5 heteroatoms. The summed E-state index contributed by atoms with van der Waals surface area (Å²) in [4.78, 5) is 12.0. The number of nitrogens with one attached hydrogen (secondary N) is 1. The molecule has 0 saturated carbocycles. The fraction of sp³-hybridized carbons (Fsp3) is 0. The highest BCUT2D eigenvalue weighted by atomic mass is 19.1. The first-order valence-electron chi connectivity index (χ1n) is 8.62. The Balaban J connectivity index is 1.50. The molecule has 0 bridgehead atoms. The maximum atomic E-state index is 14.2. The molecule has 2 aromatic carbocycles. The van der Waals surface area contributed by atoms with Gasteiger partial charge in [-0.05, 0) is 48.5 Å². The predicted octanol–water partition coefficient (Wildman–Crippen LogP) is 5.22. The van der Waals surface area contributed by atoms with E-state index in [0.717, 1.165) is 33.7 Å². The molecule has 0 amide bonds. The number of nitrogens with zero attached hydrogens (tertiary/aromatic N) is 3. The SMILES string of the molecule is Fc1cccc2ccn(-c3ccc(-c4nc(-c5cccnc5)c[nH]4)cc3)c12. The summed E-state index contributed by atoms with van der Waals surface area (Å²) in [6.07, 6.45) is 7.28. The lowest BCUT2D eigenvalue weighted by molar-refractivity contribution is 0.634. The predicted molar refractivity (Wildman–Crippen MR) is 104 cm³/mol. The van der Waals surface area contributed by atoms with E-state index in [-0.39, 0.29) is 5.82 Å². The Hall–Kier alpha value is -3.73. The van der Waals surface area contributed by atoms with Crippen molar-refractivity contribution in [2.75, 3.05) is 0 Å². The zero-order chi connectivity index (χ0) is 18.2. The molecule has 0 aliphatic rings. The first kappa shape index (κ1) is 15.5. The van der Waals surface area contributed by atoms with Crippen LogP contribution in [0, 0.1) is 5.82 Å². The van der Waals surface area contributed by atoms with E-state index in [1.807, 2.05) is 65.5 Å². The molecule has 130 valence electrons. The molecule has 1 N–H and O–H groups in total. The van der Waals surface area contributed by atoms with Gasteiger partial charge in [-0.25, -0.2) is 9.37 Å². The van der Waals surface area contributed by atoms with Crippen molar-refractivity contribution < 1.29 is 4.39 Å². The molecule has 3 heterocycles. The lowest BCUT2D eigenvalue weighted by Crippen LogP contribution is -1.94. The van der Waals surface area contributed by atoms with Crippen LogP contribution in [0.3, 0.4) is 0 Å². The first-order chi connectivity index (χ1) is 13.3. The monoisotopic (exact) mass is 354 g/mol. The Bertz CT molecular complexity index is 1220. The van der Waals surface area contributed by atoms with E-state index in [4.69, 9.17) is 0 Å². The molecule has 0 radical (unpaired) electrons. The van der Waals surface area contributed by atoms with Gasteiger partial charge in [0.25, 0.3) is 0 Å². The van der Waals surface area contributed by atoms with Gasteiger partial charge in [0.1, 0.15) is 11.6 Å². The third-order valence-corrected chi connectivity index (χ3v) is 4.62. The third-order valence-electron chi connectivity index (χ3n) is 4.62. The quantitative estimate of drug-likeness (QED) is 0.483. The van der Waals surface area contributed by atoms with E-state index in [1.54, 1.807) is 18.5 Å². The number of rotatable bonds is 3. The molecule has 0 spiro atoms. The summed E-state index contributed by atoms with van der Waals surface area (Å²) in [6.45, 7) is 0. The van der Waals surface area contributed by atoms with Crippen molar-refractivity contribution in [1.82, 2.24) is 19.5 Å². The van der Waals surface area contributed by atoms with Crippen LogP contribution in [0.5, 0.6) is 0 Å². The second-order valence-corrected chi connectivity index (χ2v) is 6.29. The average molecular weight is 354 g/mol. The molecule has 0 unspecified atom stereocenters. The number of aromatic nitrogens is 4. The van der Waals surface area contributed by atoms with Gasteiger partial charge in [0.2, 0.25) is 0 Å². The Labute approximate surface area is 155 Å². The molecule has 0 aliphatic heterocycles. The summed E-state index contributed by atoms with van der Waals surface area (Å²) in [5.74, 6) is 0.553. The zero-order valence-corrected chi connectivity index (χ0v) is 14.3. The standard InChI is InChI=1S/C22H15FN4/c23-19-5-1-3-15-10-12-27(21(15)19)18-8-6-16(7-9-18)22-25-14-20(26-22)17-4-2-11-24-13-17/h1-14H,(H,25,26). The van der Waals surface area contributed by atoms with Crippen LogP contribution in [0.1, 0.15) is 0 Å². The highest BCUT2D eigenvalue weighted by molar-refractivity contribution is 5.82. The van der Waals surface area contributed by atoms with Crippen LogP contribution in [0.25, 0.3) is 39.2 Å². The third kappa shape index (κ3) is 2.69. The summed E-state index contributed by atoms with van der Waals surface area (Å²) in [6, 6.07) is 18.8. The number of aromatic amines is 1. The molecule has 0 aliphatic carbocycles. The van der Waals surface area contributed by atoms with Crippen molar-refractivity contribution in [3.05, 3.63) is 91.3 Å². The van der Waals surface area contributed by atoms with Crippen LogP contribution in [-0.2, 0) is 0 Å². The topological polar surface area (TPSA) is 46.5 Å². The average Bonchev–Trinajstić information content (AvgIpc) is 3.37. The number of halogens is 1. The van der Waals surface area contributed by atoms with Crippen molar-refractivity contribution in [2.24, 2.45) is 0 Å². The second kappa shape index (κ2) is 6.21. The molecule has 0 saturated heterocycles. The van der Waals surface area contributed by atoms with Gasteiger partial charge in [0.05, 0.1) is 11.2 Å². The summed E-state index contributed by atoms with van der Waals surface area (Å²) in [5.41, 5.74) is 4.26. The lowest BCUT2D eigenvalue weighted by Gasteiger charge is -2.07. The van der Waals surface area contributed by atoms with Crippen LogP contribution in [-0.4, -0.2) is 19.5 Å². The highest BCUT2D eigenvalue weighted by Gasteiger charge is 2.09. The minimum atomic E-state index is -0.228. The van der Waals surface area contributed by atoms with Crippen LogP contribution in [0.2, 0.25) is 0 Å². The van der Waals surface area contributed by atoms with Gasteiger partial charge in [-0.15, -0.1) is 0 Å². The van der Waals surface area contributed by atoms with Gasteiger partial charge < -0.3 is 9.55 Å². The Morgan fingerprint density at radius 2 is 1.78 bits per heavy atom. The Morgan fingerprint density at radius 3 is 2.59 bits per heavy atom. The van der Waals surface area contributed by atoms with Crippen LogP contribution < -0.4 is 0 Å². The van der Waals surface area contributed by atoms with E-state index < -0.39 is 0 Å². The molecule has 4 nitrogen and oxygen atoms in total. The largest absolute Gasteiger partial charge is 0.344 e. The summed E-state index contributed by atoms with van der Waals surface area (Å²) in [7, 11) is 0. The summed E-state index contributed by atoms with van der Waals surface area (Å²) < 4.78 is 16.1. The maximum absolute atomic E-state index is 14.2. The van der Waals surface area contributed by atoms with Crippen molar-refractivity contribution in [2.45, 2.75) is 0 Å². The molecule has 5 aromatic rings. The Morgan fingerprint density at radius 1 is 0.889 bits per heavy atom. The Kier molecular flexibility index (Phi) is 3.57. The van der Waals surface area contributed by atoms with Crippen LogP contribution in [0.15, 0.2) is 85.5 Å². The van der Waals surface area contributed by atoms with Crippen molar-refractivity contribution >= 4 is 10.9 Å². The number of para-hydroxylation sites is 1. The van der Waals surface area contributed by atoms with Crippen molar-refractivity contribution in [3.8, 4) is 28.3 Å². The molecule has 27 heavy (non-hydrogen) atoms. The van der Waals surface area contributed by atoms with Gasteiger partial charge in [0.15, 0.2) is 0 Å². The fourth-order valence-corrected chi connectivity index (χ4v) is 3.28. The number of fused-ring (bicyclic) bond motifs is 1. The first-order valence-corrected chi connectivity index (χ1v) is 8.62. The van der Waals surface area contributed by atoms with Crippen molar-refractivity contribution in [3.63, 3.8) is 0 Å². The fourth-order valence-electron chi connectivity index (χ4n) is 3.28. The summed E-state index contributed by atoms with van der Waals surface area (Å²) in [5, 5.41) is 0.881.